The van der Waals surface area contributed by atoms with Gasteiger partial charge in [0.1, 0.15) is 11.5 Å². The summed E-state index contributed by atoms with van der Waals surface area (Å²) in [7, 11) is 4.01. The first kappa shape index (κ1) is 20.5. The molecular weight excluding hydrogens is 357 g/mol. The number of unbranched alkanes of at least 4 members (excludes halogenated alkanes) is 2. The van der Waals surface area contributed by atoms with Crippen LogP contribution in [0.25, 0.3) is 5.57 Å². The highest BCUT2D eigenvalue weighted by molar-refractivity contribution is 6.35. The molecule has 2 heterocycles. The van der Waals surface area contributed by atoms with Crippen molar-refractivity contribution in [3.05, 3.63) is 41.3 Å². The van der Waals surface area contributed by atoms with Gasteiger partial charge in [0.05, 0.1) is 5.57 Å². The van der Waals surface area contributed by atoms with Crippen molar-refractivity contribution in [1.82, 2.24) is 14.7 Å². The van der Waals surface area contributed by atoms with Crippen LogP contribution in [0.5, 0.6) is 0 Å². The van der Waals surface area contributed by atoms with Crippen LogP contribution in [0.15, 0.2) is 30.0 Å². The number of hydrogen-bond donors (Lipinski definition) is 0. The van der Waals surface area contributed by atoms with Crippen molar-refractivity contribution in [1.29, 1.82) is 0 Å². The first-order chi connectivity index (χ1) is 13.4. The molecule has 6 heteroatoms. The molecule has 2 aliphatic heterocycles. The Bertz CT molecular complexity index is 752. The lowest BCUT2D eigenvalue weighted by atomic mass is 10.00. The van der Waals surface area contributed by atoms with E-state index >= 15 is 0 Å². The van der Waals surface area contributed by atoms with Crippen LogP contribution in [0.3, 0.4) is 0 Å². The minimum absolute atomic E-state index is 0.217. The fourth-order valence-corrected chi connectivity index (χ4v) is 4.06. The molecule has 0 aromatic heterocycles. The van der Waals surface area contributed by atoms with Gasteiger partial charge < -0.3 is 9.80 Å². The summed E-state index contributed by atoms with van der Waals surface area (Å²) in [6.45, 7) is 4.46. The smallest absolute Gasteiger partial charge is 0.277 e. The lowest BCUT2D eigenvalue weighted by Gasteiger charge is -2.36. The standard InChI is InChI=1S/C22H30FN3O2/c1-4-5-6-13-26-21(27)19(16-7-9-17(23)10-8-16)20(22(26)28)25(3)18-11-14-24(2)15-12-18/h7-10,18H,4-6,11-15H2,1-3H3. The van der Waals surface area contributed by atoms with Crippen molar-refractivity contribution in [2.24, 2.45) is 0 Å². The Morgan fingerprint density at radius 2 is 1.71 bits per heavy atom. The molecule has 0 N–H and O–H groups in total. The quantitative estimate of drug-likeness (QED) is 0.533. The Labute approximate surface area is 166 Å². The lowest BCUT2D eigenvalue weighted by molar-refractivity contribution is -0.137. The van der Waals surface area contributed by atoms with Gasteiger partial charge in [0.25, 0.3) is 11.8 Å². The van der Waals surface area contributed by atoms with E-state index in [1.165, 1.54) is 17.0 Å². The summed E-state index contributed by atoms with van der Waals surface area (Å²) < 4.78 is 13.4. The third-order valence-corrected chi connectivity index (χ3v) is 5.85. The van der Waals surface area contributed by atoms with Crippen LogP contribution in [-0.4, -0.2) is 66.3 Å². The predicted octanol–water partition coefficient (Wildman–Crippen LogP) is 3.12. The van der Waals surface area contributed by atoms with E-state index in [2.05, 4.69) is 18.9 Å². The van der Waals surface area contributed by atoms with E-state index in [1.54, 1.807) is 12.1 Å². The number of benzene rings is 1. The van der Waals surface area contributed by atoms with Gasteiger partial charge in [0.15, 0.2) is 0 Å². The van der Waals surface area contributed by atoms with Crippen LogP contribution in [-0.2, 0) is 9.59 Å². The molecule has 5 nitrogen and oxygen atoms in total. The van der Waals surface area contributed by atoms with Gasteiger partial charge in [-0.3, -0.25) is 14.5 Å². The van der Waals surface area contributed by atoms with Crippen molar-refractivity contribution in [2.75, 3.05) is 33.7 Å². The summed E-state index contributed by atoms with van der Waals surface area (Å²) in [5.74, 6) is -0.838. The maximum atomic E-state index is 13.4. The normalized spacial score (nSPS) is 19.1. The number of carbonyl (C=O) groups excluding carboxylic acids is 2. The van der Waals surface area contributed by atoms with E-state index in [0.717, 1.165) is 45.2 Å². The number of likely N-dealkylation sites (tertiary alicyclic amines) is 1. The summed E-state index contributed by atoms with van der Waals surface area (Å²) in [6.07, 6.45) is 4.70. The van der Waals surface area contributed by atoms with Crippen LogP contribution in [0, 0.1) is 5.82 Å². The van der Waals surface area contributed by atoms with Crippen molar-refractivity contribution >= 4 is 17.4 Å². The number of halogens is 1. The molecule has 28 heavy (non-hydrogen) atoms. The van der Waals surface area contributed by atoms with Gasteiger partial charge in [0, 0.05) is 19.6 Å². The summed E-state index contributed by atoms with van der Waals surface area (Å²) in [4.78, 5) is 32.0. The van der Waals surface area contributed by atoms with Gasteiger partial charge in [-0.15, -0.1) is 0 Å². The molecule has 0 atom stereocenters. The minimum atomic E-state index is -0.355. The van der Waals surface area contributed by atoms with E-state index in [4.69, 9.17) is 0 Å². The zero-order valence-electron chi connectivity index (χ0n) is 17.1. The number of nitrogens with zero attached hydrogens (tertiary/aromatic N) is 3. The molecule has 0 unspecified atom stereocenters. The van der Waals surface area contributed by atoms with Crippen molar-refractivity contribution in [2.45, 2.75) is 45.1 Å². The van der Waals surface area contributed by atoms with Gasteiger partial charge in [-0.25, -0.2) is 4.39 Å². The molecule has 0 radical (unpaired) electrons. The fraction of sp³-hybridized carbons (Fsp3) is 0.545. The average Bonchev–Trinajstić information content (AvgIpc) is 2.93. The highest BCUT2D eigenvalue weighted by atomic mass is 19.1. The van der Waals surface area contributed by atoms with Gasteiger partial charge in [-0.2, -0.15) is 0 Å². The Hall–Kier alpha value is -2.21. The average molecular weight is 387 g/mol. The number of piperidine rings is 1. The van der Waals surface area contributed by atoms with E-state index in [-0.39, 0.29) is 23.7 Å². The Morgan fingerprint density at radius 3 is 2.32 bits per heavy atom. The van der Waals surface area contributed by atoms with Crippen LogP contribution in [0.1, 0.15) is 44.6 Å². The molecule has 1 aromatic carbocycles. The molecule has 1 saturated heterocycles. The fourth-order valence-electron chi connectivity index (χ4n) is 4.06. The number of carbonyl (C=O) groups is 2. The molecule has 2 aliphatic rings. The first-order valence-corrected chi connectivity index (χ1v) is 10.2. The molecule has 0 bridgehead atoms. The zero-order chi connectivity index (χ0) is 20.3. The maximum absolute atomic E-state index is 13.4. The molecule has 152 valence electrons. The molecule has 0 spiro atoms. The second kappa shape index (κ2) is 8.86. The first-order valence-electron chi connectivity index (χ1n) is 10.2. The van der Waals surface area contributed by atoms with Gasteiger partial charge in [0.2, 0.25) is 0 Å². The molecule has 1 fully saturated rings. The third-order valence-electron chi connectivity index (χ3n) is 5.85. The van der Waals surface area contributed by atoms with Gasteiger partial charge >= 0.3 is 0 Å². The Kier molecular flexibility index (Phi) is 6.50. The number of rotatable bonds is 7. The molecule has 0 aliphatic carbocycles. The van der Waals surface area contributed by atoms with Gasteiger partial charge in [-0.05, 0) is 57.1 Å². The highest BCUT2D eigenvalue weighted by Crippen LogP contribution is 2.33. The van der Waals surface area contributed by atoms with Crippen LogP contribution in [0.4, 0.5) is 4.39 Å². The van der Waals surface area contributed by atoms with E-state index in [1.807, 2.05) is 11.9 Å². The SMILES string of the molecule is CCCCCN1C(=O)C(c2ccc(F)cc2)=C(N(C)C2CCN(C)CC2)C1=O. The van der Waals surface area contributed by atoms with Gasteiger partial charge in [-0.1, -0.05) is 31.9 Å². The van der Waals surface area contributed by atoms with Crippen molar-refractivity contribution < 1.29 is 14.0 Å². The predicted molar refractivity (Wildman–Crippen MR) is 108 cm³/mol. The Morgan fingerprint density at radius 1 is 1.07 bits per heavy atom. The summed E-state index contributed by atoms with van der Waals surface area (Å²) >= 11 is 0. The van der Waals surface area contributed by atoms with E-state index < -0.39 is 0 Å². The monoisotopic (exact) mass is 387 g/mol. The second-order valence-electron chi connectivity index (χ2n) is 7.84. The zero-order valence-corrected chi connectivity index (χ0v) is 17.1. The number of imide groups is 1. The number of likely N-dealkylation sites (N-methyl/N-ethyl adjacent to an activating group) is 1. The lowest BCUT2D eigenvalue weighted by Crippen LogP contribution is -2.43. The number of amides is 2. The second-order valence-corrected chi connectivity index (χ2v) is 7.84. The topological polar surface area (TPSA) is 43.9 Å². The molecule has 0 saturated carbocycles. The third kappa shape index (κ3) is 4.12. The van der Waals surface area contributed by atoms with Crippen LogP contribution in [0.2, 0.25) is 0 Å². The maximum Gasteiger partial charge on any atom is 0.277 e. The van der Waals surface area contributed by atoms with E-state index in [0.29, 0.717) is 23.4 Å². The van der Waals surface area contributed by atoms with Crippen LogP contribution < -0.4 is 0 Å². The number of hydrogen-bond acceptors (Lipinski definition) is 4. The molecule has 3 rings (SSSR count). The Balaban J connectivity index is 1.94. The summed E-state index contributed by atoms with van der Waals surface area (Å²) in [6, 6.07) is 6.08. The van der Waals surface area contributed by atoms with Crippen molar-refractivity contribution in [3.63, 3.8) is 0 Å². The molecule has 1 aromatic rings. The largest absolute Gasteiger partial charge is 0.366 e. The van der Waals surface area contributed by atoms with Crippen molar-refractivity contribution in [3.8, 4) is 0 Å². The molecule has 2 amide bonds. The van der Waals surface area contributed by atoms with E-state index in [9.17, 15) is 14.0 Å². The summed E-state index contributed by atoms with van der Waals surface area (Å²) in [5, 5.41) is 0. The molecular formula is C22H30FN3O2. The highest BCUT2D eigenvalue weighted by Gasteiger charge is 2.42. The summed E-state index contributed by atoms with van der Waals surface area (Å²) in [5.41, 5.74) is 1.47. The minimum Gasteiger partial charge on any atom is -0.366 e. The van der Waals surface area contributed by atoms with Crippen LogP contribution >= 0.6 is 0 Å².